The van der Waals surface area contributed by atoms with Gasteiger partial charge in [0.2, 0.25) is 11.8 Å². The van der Waals surface area contributed by atoms with E-state index in [0.29, 0.717) is 12.2 Å². The van der Waals surface area contributed by atoms with Gasteiger partial charge in [-0.15, -0.1) is 0 Å². The Balaban J connectivity index is 2.34. The summed E-state index contributed by atoms with van der Waals surface area (Å²) in [5, 5.41) is 2.35. The summed E-state index contributed by atoms with van der Waals surface area (Å²) < 4.78 is 0. The van der Waals surface area contributed by atoms with E-state index in [1.165, 1.54) is 0 Å². The van der Waals surface area contributed by atoms with E-state index in [9.17, 15) is 9.59 Å². The number of nitrogens with two attached hydrogens (primary N) is 1. The summed E-state index contributed by atoms with van der Waals surface area (Å²) >= 11 is 0. The van der Waals surface area contributed by atoms with Crippen molar-refractivity contribution in [2.24, 2.45) is 5.73 Å². The first-order chi connectivity index (χ1) is 9.02. The van der Waals surface area contributed by atoms with Gasteiger partial charge in [0.25, 0.3) is 0 Å². The Bertz CT molecular complexity index is 501. The van der Waals surface area contributed by atoms with Crippen molar-refractivity contribution in [1.82, 2.24) is 10.3 Å². The topological polar surface area (TPSA) is 88.3 Å². The van der Waals surface area contributed by atoms with Gasteiger partial charge in [-0.05, 0) is 31.0 Å². The number of rotatable bonds is 3. The maximum absolute atomic E-state index is 11.8. The molecule has 1 aromatic rings. The summed E-state index contributed by atoms with van der Waals surface area (Å²) in [7, 11) is 0. The number of nitrogens with zero attached hydrogens (tertiary/aromatic N) is 2. The van der Waals surface area contributed by atoms with E-state index in [4.69, 9.17) is 5.73 Å². The zero-order valence-electron chi connectivity index (χ0n) is 11.1. The highest BCUT2D eigenvalue weighted by Gasteiger charge is 2.33. The molecule has 0 saturated carbocycles. The molecule has 2 rings (SSSR count). The van der Waals surface area contributed by atoms with E-state index in [1.807, 2.05) is 26.0 Å². The van der Waals surface area contributed by atoms with Crippen LogP contribution in [0.3, 0.4) is 0 Å². The molecule has 1 saturated heterocycles. The molecule has 1 aromatic heterocycles. The molecule has 1 aliphatic rings. The normalized spacial score (nSPS) is 21.2. The maximum Gasteiger partial charge on any atom is 0.249 e. The van der Waals surface area contributed by atoms with E-state index in [-0.39, 0.29) is 30.4 Å². The van der Waals surface area contributed by atoms with Gasteiger partial charge < -0.3 is 10.6 Å². The monoisotopic (exact) mass is 262 g/mol. The van der Waals surface area contributed by atoms with E-state index in [1.54, 1.807) is 11.1 Å². The Morgan fingerprint density at radius 2 is 2.32 bits per heavy atom. The first-order valence-electron chi connectivity index (χ1n) is 6.34. The SMILES string of the molecule is CCC1C(=O)NC(=O)CN1c1cc([C@@H](C)N)ccn1. The number of carbonyl (C=O) groups is 2. The molecule has 0 spiro atoms. The number of pyridine rings is 1. The molecular weight excluding hydrogens is 244 g/mol. The summed E-state index contributed by atoms with van der Waals surface area (Å²) in [5.74, 6) is 0.0410. The molecule has 19 heavy (non-hydrogen) atoms. The number of hydrogen-bond donors (Lipinski definition) is 2. The fourth-order valence-electron chi connectivity index (χ4n) is 2.19. The van der Waals surface area contributed by atoms with Crippen LogP contribution < -0.4 is 16.0 Å². The average molecular weight is 262 g/mol. The summed E-state index contributed by atoms with van der Waals surface area (Å²) in [5.41, 5.74) is 6.77. The smallest absolute Gasteiger partial charge is 0.249 e. The van der Waals surface area contributed by atoms with Gasteiger partial charge in [-0.1, -0.05) is 6.92 Å². The highest BCUT2D eigenvalue weighted by Crippen LogP contribution is 2.21. The van der Waals surface area contributed by atoms with Crippen molar-refractivity contribution in [2.75, 3.05) is 11.4 Å². The van der Waals surface area contributed by atoms with Crippen LogP contribution in [0.15, 0.2) is 18.3 Å². The van der Waals surface area contributed by atoms with Crippen molar-refractivity contribution < 1.29 is 9.59 Å². The summed E-state index contributed by atoms with van der Waals surface area (Å²) in [6, 6.07) is 3.19. The molecule has 3 N–H and O–H groups in total. The number of imide groups is 1. The lowest BCUT2D eigenvalue weighted by Crippen LogP contribution is -2.58. The van der Waals surface area contributed by atoms with E-state index >= 15 is 0 Å². The Kier molecular flexibility index (Phi) is 3.80. The van der Waals surface area contributed by atoms with Gasteiger partial charge in [0.15, 0.2) is 0 Å². The fourth-order valence-corrected chi connectivity index (χ4v) is 2.19. The van der Waals surface area contributed by atoms with Gasteiger partial charge in [-0.3, -0.25) is 14.9 Å². The lowest BCUT2D eigenvalue weighted by atomic mass is 10.1. The van der Waals surface area contributed by atoms with Crippen LogP contribution >= 0.6 is 0 Å². The standard InChI is InChI=1S/C13H18N4O2/c1-3-10-13(19)16-12(18)7-17(10)11-6-9(8(2)14)4-5-15-11/h4-6,8,10H,3,7,14H2,1-2H3,(H,16,18,19)/t8-,10?/m1/s1. The predicted molar refractivity (Wildman–Crippen MR) is 71.4 cm³/mol. The molecule has 1 fully saturated rings. The second-order valence-corrected chi connectivity index (χ2v) is 4.70. The van der Waals surface area contributed by atoms with E-state index in [2.05, 4.69) is 10.3 Å². The Morgan fingerprint density at radius 1 is 1.58 bits per heavy atom. The molecule has 1 aliphatic heterocycles. The zero-order chi connectivity index (χ0) is 14.0. The molecule has 102 valence electrons. The van der Waals surface area contributed by atoms with Crippen molar-refractivity contribution in [2.45, 2.75) is 32.4 Å². The fraction of sp³-hybridized carbons (Fsp3) is 0.462. The number of carbonyl (C=O) groups excluding carboxylic acids is 2. The van der Waals surface area contributed by atoms with Gasteiger partial charge in [0.05, 0.1) is 6.54 Å². The molecule has 6 heteroatoms. The first kappa shape index (κ1) is 13.5. The molecule has 0 aliphatic carbocycles. The molecular formula is C13H18N4O2. The predicted octanol–water partition coefficient (Wildman–Crippen LogP) is 0.343. The van der Waals surface area contributed by atoms with Crippen LogP contribution in [-0.4, -0.2) is 29.4 Å². The third-order valence-electron chi connectivity index (χ3n) is 3.23. The van der Waals surface area contributed by atoms with Crippen LogP contribution in [0.5, 0.6) is 0 Å². The van der Waals surface area contributed by atoms with Crippen molar-refractivity contribution in [3.8, 4) is 0 Å². The van der Waals surface area contributed by atoms with Crippen LogP contribution in [0.25, 0.3) is 0 Å². The maximum atomic E-state index is 11.8. The highest BCUT2D eigenvalue weighted by molar-refractivity contribution is 6.04. The van der Waals surface area contributed by atoms with Crippen molar-refractivity contribution in [3.63, 3.8) is 0 Å². The van der Waals surface area contributed by atoms with Crippen LogP contribution in [0.1, 0.15) is 31.9 Å². The highest BCUT2D eigenvalue weighted by atomic mass is 16.2. The summed E-state index contributed by atoms with van der Waals surface area (Å²) in [6.45, 7) is 3.92. The second-order valence-electron chi connectivity index (χ2n) is 4.70. The minimum absolute atomic E-state index is 0.115. The first-order valence-corrected chi connectivity index (χ1v) is 6.34. The zero-order valence-corrected chi connectivity index (χ0v) is 11.1. The number of anilines is 1. The molecule has 0 aromatic carbocycles. The number of aromatic nitrogens is 1. The number of hydrogen-bond acceptors (Lipinski definition) is 5. The van der Waals surface area contributed by atoms with Gasteiger partial charge in [0, 0.05) is 12.2 Å². The molecule has 2 atom stereocenters. The van der Waals surface area contributed by atoms with Gasteiger partial charge in [-0.25, -0.2) is 4.98 Å². The van der Waals surface area contributed by atoms with E-state index < -0.39 is 0 Å². The second kappa shape index (κ2) is 5.36. The van der Waals surface area contributed by atoms with Crippen molar-refractivity contribution >= 4 is 17.6 Å². The molecule has 6 nitrogen and oxygen atoms in total. The molecule has 0 bridgehead atoms. The van der Waals surface area contributed by atoms with Gasteiger partial charge >= 0.3 is 0 Å². The van der Waals surface area contributed by atoms with Crippen LogP contribution in [-0.2, 0) is 9.59 Å². The van der Waals surface area contributed by atoms with Crippen molar-refractivity contribution in [3.05, 3.63) is 23.9 Å². The Morgan fingerprint density at radius 3 is 2.95 bits per heavy atom. The quantitative estimate of drug-likeness (QED) is 0.767. The van der Waals surface area contributed by atoms with Crippen LogP contribution in [0, 0.1) is 0 Å². The molecule has 1 unspecified atom stereocenters. The number of piperazine rings is 1. The molecule has 2 heterocycles. The van der Waals surface area contributed by atoms with E-state index in [0.717, 1.165) is 5.56 Å². The Hall–Kier alpha value is -1.95. The van der Waals surface area contributed by atoms with Crippen molar-refractivity contribution in [1.29, 1.82) is 0 Å². The summed E-state index contributed by atoms with van der Waals surface area (Å²) in [4.78, 5) is 29.3. The minimum Gasteiger partial charge on any atom is -0.335 e. The lowest BCUT2D eigenvalue weighted by Gasteiger charge is -2.34. The average Bonchev–Trinajstić information content (AvgIpc) is 2.38. The largest absolute Gasteiger partial charge is 0.335 e. The Labute approximate surface area is 112 Å². The lowest BCUT2D eigenvalue weighted by molar-refractivity contribution is -0.132. The van der Waals surface area contributed by atoms with Crippen LogP contribution in [0.4, 0.5) is 5.82 Å². The van der Waals surface area contributed by atoms with Crippen LogP contribution in [0.2, 0.25) is 0 Å². The molecule has 2 amide bonds. The number of amides is 2. The number of nitrogens with one attached hydrogen (secondary N) is 1. The molecule has 0 radical (unpaired) electrons. The summed E-state index contributed by atoms with van der Waals surface area (Å²) in [6.07, 6.45) is 2.26. The third kappa shape index (κ3) is 2.73. The van der Waals surface area contributed by atoms with Gasteiger partial charge in [0.1, 0.15) is 11.9 Å². The van der Waals surface area contributed by atoms with Gasteiger partial charge in [-0.2, -0.15) is 0 Å². The third-order valence-corrected chi connectivity index (χ3v) is 3.23. The minimum atomic E-state index is -0.367.